The van der Waals surface area contributed by atoms with Gasteiger partial charge < -0.3 is 15.4 Å². The molecule has 0 saturated carbocycles. The van der Waals surface area contributed by atoms with E-state index >= 15 is 0 Å². The Labute approximate surface area is 153 Å². The van der Waals surface area contributed by atoms with Crippen molar-refractivity contribution in [2.75, 3.05) is 17.7 Å². The van der Waals surface area contributed by atoms with Gasteiger partial charge in [0.1, 0.15) is 11.6 Å². The van der Waals surface area contributed by atoms with Crippen molar-refractivity contribution in [3.8, 4) is 5.75 Å². The first-order chi connectivity index (χ1) is 12.1. The van der Waals surface area contributed by atoms with Gasteiger partial charge in [0.2, 0.25) is 5.91 Å². The highest BCUT2D eigenvalue weighted by Crippen LogP contribution is 2.21. The number of rotatable bonds is 6. The van der Waals surface area contributed by atoms with E-state index in [0.717, 1.165) is 5.75 Å². The van der Waals surface area contributed by atoms with Crippen LogP contribution >= 0.6 is 22.9 Å². The highest BCUT2D eigenvalue weighted by atomic mass is 35.5. The summed E-state index contributed by atoms with van der Waals surface area (Å²) in [5, 5.41) is 8.99. The number of benzene rings is 1. The van der Waals surface area contributed by atoms with Gasteiger partial charge in [0.15, 0.2) is 5.13 Å². The number of nitrogens with one attached hydrogen (secondary N) is 2. The summed E-state index contributed by atoms with van der Waals surface area (Å²) in [5.74, 6) is 1.25. The van der Waals surface area contributed by atoms with Gasteiger partial charge >= 0.3 is 0 Å². The lowest BCUT2D eigenvalue weighted by Crippen LogP contribution is -2.14. The van der Waals surface area contributed by atoms with E-state index in [0.29, 0.717) is 27.4 Å². The Morgan fingerprint density at radius 3 is 2.72 bits per heavy atom. The number of hydrogen-bond acceptors (Lipinski definition) is 6. The van der Waals surface area contributed by atoms with Crippen LogP contribution in [-0.2, 0) is 11.2 Å². The zero-order valence-electron chi connectivity index (χ0n) is 13.3. The molecule has 0 bridgehead atoms. The van der Waals surface area contributed by atoms with Gasteiger partial charge in [-0.2, -0.15) is 0 Å². The summed E-state index contributed by atoms with van der Waals surface area (Å²) < 4.78 is 5.09. The minimum absolute atomic E-state index is 0.133. The lowest BCUT2D eigenvalue weighted by Gasteiger charge is -2.05. The van der Waals surface area contributed by atoms with Crippen molar-refractivity contribution in [2.24, 2.45) is 0 Å². The first kappa shape index (κ1) is 17.2. The molecule has 2 N–H and O–H groups in total. The molecule has 0 aliphatic heterocycles. The maximum Gasteiger partial charge on any atom is 0.230 e. The number of thiazole rings is 1. The largest absolute Gasteiger partial charge is 0.497 e. The number of pyridine rings is 1. The van der Waals surface area contributed by atoms with Gasteiger partial charge in [-0.1, -0.05) is 11.6 Å². The first-order valence-corrected chi connectivity index (χ1v) is 8.65. The molecule has 0 saturated heterocycles. The van der Waals surface area contributed by atoms with E-state index in [-0.39, 0.29) is 12.3 Å². The van der Waals surface area contributed by atoms with Gasteiger partial charge in [-0.25, -0.2) is 9.97 Å². The lowest BCUT2D eigenvalue weighted by molar-refractivity contribution is -0.115. The van der Waals surface area contributed by atoms with E-state index in [4.69, 9.17) is 16.3 Å². The predicted octanol–water partition coefficient (Wildman–Crippen LogP) is 4.12. The standard InChI is InChI=1S/C17H15ClN4O2S/c1-24-14-5-3-12(4-6-14)20-16(23)8-13-10-25-17(21-13)22-15-7-2-11(18)9-19-15/h2-7,9-10H,8H2,1H3,(H,20,23)(H,19,21,22). The molecular formula is C17H15ClN4O2S. The molecule has 0 fully saturated rings. The molecule has 2 heterocycles. The highest BCUT2D eigenvalue weighted by molar-refractivity contribution is 7.13. The van der Waals surface area contributed by atoms with Crippen molar-refractivity contribution in [2.45, 2.75) is 6.42 Å². The number of carbonyl (C=O) groups is 1. The normalized spacial score (nSPS) is 10.3. The molecule has 0 unspecified atom stereocenters. The SMILES string of the molecule is COc1ccc(NC(=O)Cc2csc(Nc3ccc(Cl)cn3)n2)cc1. The highest BCUT2D eigenvalue weighted by Gasteiger charge is 2.09. The van der Waals surface area contributed by atoms with E-state index in [1.807, 2.05) is 5.38 Å². The van der Waals surface area contributed by atoms with E-state index < -0.39 is 0 Å². The maximum atomic E-state index is 12.1. The van der Waals surface area contributed by atoms with Crippen molar-refractivity contribution in [1.29, 1.82) is 0 Å². The van der Waals surface area contributed by atoms with Crippen LogP contribution in [0.4, 0.5) is 16.6 Å². The quantitative estimate of drug-likeness (QED) is 0.678. The van der Waals surface area contributed by atoms with E-state index in [2.05, 4.69) is 20.6 Å². The molecule has 0 radical (unpaired) electrons. The fourth-order valence-electron chi connectivity index (χ4n) is 2.05. The topological polar surface area (TPSA) is 76.1 Å². The second-order valence-corrected chi connectivity index (χ2v) is 6.38. The first-order valence-electron chi connectivity index (χ1n) is 7.39. The van der Waals surface area contributed by atoms with E-state index in [1.165, 1.54) is 11.3 Å². The molecule has 1 aromatic carbocycles. The van der Waals surface area contributed by atoms with Gasteiger partial charge in [-0.15, -0.1) is 11.3 Å². The number of methoxy groups -OCH3 is 1. The van der Waals surface area contributed by atoms with Crippen LogP contribution in [0.3, 0.4) is 0 Å². The predicted molar refractivity (Wildman–Crippen MR) is 100.0 cm³/mol. The van der Waals surface area contributed by atoms with Crippen LogP contribution in [-0.4, -0.2) is 23.0 Å². The van der Waals surface area contributed by atoms with Gasteiger partial charge in [-0.05, 0) is 36.4 Å². The number of nitrogens with zero attached hydrogens (tertiary/aromatic N) is 2. The van der Waals surface area contributed by atoms with E-state index in [1.54, 1.807) is 49.7 Å². The summed E-state index contributed by atoms with van der Waals surface area (Å²) in [4.78, 5) is 20.7. The molecule has 0 atom stereocenters. The summed E-state index contributed by atoms with van der Waals surface area (Å²) >= 11 is 7.21. The molecule has 25 heavy (non-hydrogen) atoms. The van der Waals surface area contributed by atoms with Crippen molar-refractivity contribution in [3.63, 3.8) is 0 Å². The van der Waals surface area contributed by atoms with Crippen LogP contribution in [0.5, 0.6) is 5.75 Å². The second kappa shape index (κ2) is 7.96. The smallest absolute Gasteiger partial charge is 0.230 e. The Kier molecular flexibility index (Phi) is 5.47. The van der Waals surface area contributed by atoms with Crippen molar-refractivity contribution in [3.05, 3.63) is 58.7 Å². The van der Waals surface area contributed by atoms with Gasteiger partial charge in [0, 0.05) is 17.3 Å². The zero-order chi connectivity index (χ0) is 17.6. The average molecular weight is 375 g/mol. The van der Waals surface area contributed by atoms with Gasteiger partial charge in [-0.3, -0.25) is 4.79 Å². The third-order valence-corrected chi connectivity index (χ3v) is 4.26. The third-order valence-electron chi connectivity index (χ3n) is 3.23. The van der Waals surface area contributed by atoms with Gasteiger partial charge in [0.25, 0.3) is 0 Å². The molecular weight excluding hydrogens is 360 g/mol. The Hall–Kier alpha value is -2.64. The summed E-state index contributed by atoms with van der Waals surface area (Å²) in [5.41, 5.74) is 1.40. The Morgan fingerprint density at radius 2 is 2.04 bits per heavy atom. The summed E-state index contributed by atoms with van der Waals surface area (Å²) in [6.07, 6.45) is 1.75. The summed E-state index contributed by atoms with van der Waals surface area (Å²) in [7, 11) is 1.60. The molecule has 8 heteroatoms. The molecule has 6 nitrogen and oxygen atoms in total. The number of ether oxygens (including phenoxy) is 1. The molecule has 3 aromatic rings. The van der Waals surface area contributed by atoms with Crippen molar-refractivity contribution >= 4 is 45.5 Å². The fourth-order valence-corrected chi connectivity index (χ4v) is 2.88. The third kappa shape index (κ3) is 4.91. The molecule has 0 spiro atoms. The fraction of sp³-hybridized carbons (Fsp3) is 0.118. The number of carbonyl (C=O) groups excluding carboxylic acids is 1. The Balaban J connectivity index is 1.56. The monoisotopic (exact) mass is 374 g/mol. The number of hydrogen-bond donors (Lipinski definition) is 2. The van der Waals surface area contributed by atoms with Crippen LogP contribution in [0.25, 0.3) is 0 Å². The molecule has 1 amide bonds. The average Bonchev–Trinajstić information content (AvgIpc) is 3.04. The molecule has 128 valence electrons. The lowest BCUT2D eigenvalue weighted by atomic mass is 10.2. The Morgan fingerprint density at radius 1 is 1.24 bits per heavy atom. The van der Waals surface area contributed by atoms with Crippen LogP contribution in [0.15, 0.2) is 48.0 Å². The minimum atomic E-state index is -0.133. The number of aromatic nitrogens is 2. The number of halogens is 1. The minimum Gasteiger partial charge on any atom is -0.497 e. The number of anilines is 3. The van der Waals surface area contributed by atoms with E-state index in [9.17, 15) is 4.79 Å². The molecule has 0 aliphatic carbocycles. The second-order valence-electron chi connectivity index (χ2n) is 5.08. The van der Waals surface area contributed by atoms with Crippen LogP contribution in [0.1, 0.15) is 5.69 Å². The van der Waals surface area contributed by atoms with Crippen molar-refractivity contribution in [1.82, 2.24) is 9.97 Å². The van der Waals surface area contributed by atoms with Crippen LogP contribution < -0.4 is 15.4 Å². The van der Waals surface area contributed by atoms with Gasteiger partial charge in [0.05, 0.1) is 24.2 Å². The van der Waals surface area contributed by atoms with Crippen molar-refractivity contribution < 1.29 is 9.53 Å². The summed E-state index contributed by atoms with van der Waals surface area (Å²) in [6.45, 7) is 0. The molecule has 3 rings (SSSR count). The zero-order valence-corrected chi connectivity index (χ0v) is 14.9. The molecule has 2 aromatic heterocycles. The number of amides is 1. The summed E-state index contributed by atoms with van der Waals surface area (Å²) in [6, 6.07) is 10.7. The molecule has 0 aliphatic rings. The Bertz CT molecular complexity index is 850. The maximum absolute atomic E-state index is 12.1. The van der Waals surface area contributed by atoms with Crippen LogP contribution in [0, 0.1) is 0 Å². The van der Waals surface area contributed by atoms with Crippen LogP contribution in [0.2, 0.25) is 5.02 Å².